The van der Waals surface area contributed by atoms with Crippen LogP contribution in [0.1, 0.15) is 25.0 Å². The van der Waals surface area contributed by atoms with Gasteiger partial charge in [0.2, 0.25) is 0 Å². The molecule has 0 bridgehead atoms. The summed E-state index contributed by atoms with van der Waals surface area (Å²) in [5.41, 5.74) is 0.949. The lowest BCUT2D eigenvalue weighted by Crippen LogP contribution is -2.25. The van der Waals surface area contributed by atoms with E-state index in [2.05, 4.69) is 6.07 Å². The molecule has 2 rings (SSSR count). The van der Waals surface area contributed by atoms with Crippen molar-refractivity contribution in [3.8, 4) is 17.6 Å². The monoisotopic (exact) mass is 267 g/mol. The molecular formula is C17H17NO2. The van der Waals surface area contributed by atoms with E-state index in [1.165, 1.54) is 0 Å². The second-order valence-electron chi connectivity index (χ2n) is 4.93. The fourth-order valence-corrected chi connectivity index (χ4v) is 2.02. The lowest BCUT2D eigenvalue weighted by Gasteiger charge is -2.28. The molecule has 0 amide bonds. The van der Waals surface area contributed by atoms with Gasteiger partial charge in [0.15, 0.2) is 11.5 Å². The Balaban J connectivity index is 2.42. The molecule has 0 aromatic heterocycles. The van der Waals surface area contributed by atoms with Crippen molar-refractivity contribution in [2.45, 2.75) is 19.4 Å². The molecule has 3 heteroatoms. The Labute approximate surface area is 119 Å². The maximum atomic E-state index is 9.22. The molecule has 0 spiro atoms. The maximum Gasteiger partial charge on any atom is 0.180 e. The Morgan fingerprint density at radius 2 is 1.70 bits per heavy atom. The molecule has 2 aromatic carbocycles. The highest BCUT2D eigenvalue weighted by Gasteiger charge is 2.25. The van der Waals surface area contributed by atoms with Crippen molar-refractivity contribution in [3.05, 3.63) is 59.7 Å². The van der Waals surface area contributed by atoms with E-state index < -0.39 is 5.60 Å². The van der Waals surface area contributed by atoms with Crippen molar-refractivity contribution < 1.29 is 9.47 Å². The third-order valence-electron chi connectivity index (χ3n) is 3.15. The number of para-hydroxylation sites is 1. The van der Waals surface area contributed by atoms with Gasteiger partial charge >= 0.3 is 0 Å². The van der Waals surface area contributed by atoms with Crippen LogP contribution in [0.5, 0.6) is 11.5 Å². The van der Waals surface area contributed by atoms with E-state index in [9.17, 15) is 5.26 Å². The zero-order chi connectivity index (χ0) is 14.6. The van der Waals surface area contributed by atoms with E-state index in [4.69, 9.17) is 9.47 Å². The summed E-state index contributed by atoms with van der Waals surface area (Å²) in [6.07, 6.45) is 0. The second-order valence-corrected chi connectivity index (χ2v) is 4.93. The average Bonchev–Trinajstić information content (AvgIpc) is 2.48. The zero-order valence-electron chi connectivity index (χ0n) is 11.9. The van der Waals surface area contributed by atoms with Crippen molar-refractivity contribution in [3.63, 3.8) is 0 Å². The molecule has 0 saturated carbocycles. The van der Waals surface area contributed by atoms with Crippen molar-refractivity contribution in [2.24, 2.45) is 0 Å². The third kappa shape index (κ3) is 2.75. The highest BCUT2D eigenvalue weighted by atomic mass is 16.5. The minimum Gasteiger partial charge on any atom is -0.493 e. The molecule has 0 atom stereocenters. The molecule has 0 aliphatic heterocycles. The topological polar surface area (TPSA) is 42.2 Å². The van der Waals surface area contributed by atoms with Gasteiger partial charge in [-0.1, -0.05) is 36.4 Å². The summed E-state index contributed by atoms with van der Waals surface area (Å²) in [6.45, 7) is 3.94. The number of nitrogens with zero attached hydrogens (tertiary/aromatic N) is 1. The van der Waals surface area contributed by atoms with Gasteiger partial charge in [0.1, 0.15) is 11.7 Å². The SMILES string of the molecule is COc1cccc(C#N)c1OC(C)(C)c1ccccc1. The molecule has 102 valence electrons. The number of benzene rings is 2. The van der Waals surface area contributed by atoms with Crippen LogP contribution in [0.4, 0.5) is 0 Å². The molecule has 0 aliphatic carbocycles. The first-order valence-corrected chi connectivity index (χ1v) is 6.40. The van der Waals surface area contributed by atoms with Crippen LogP contribution < -0.4 is 9.47 Å². The van der Waals surface area contributed by atoms with Crippen LogP contribution in [0.15, 0.2) is 48.5 Å². The minimum absolute atomic E-state index is 0.466. The molecule has 0 N–H and O–H groups in total. The number of nitriles is 1. The molecule has 0 unspecified atom stereocenters. The number of hydrogen-bond donors (Lipinski definition) is 0. The highest BCUT2D eigenvalue weighted by molar-refractivity contribution is 5.53. The van der Waals surface area contributed by atoms with Crippen molar-refractivity contribution >= 4 is 0 Å². The van der Waals surface area contributed by atoms with Gasteiger partial charge in [0.05, 0.1) is 12.7 Å². The Morgan fingerprint density at radius 3 is 2.30 bits per heavy atom. The molecule has 0 heterocycles. The lowest BCUT2D eigenvalue weighted by molar-refractivity contribution is 0.103. The first kappa shape index (κ1) is 14.0. The summed E-state index contributed by atoms with van der Waals surface area (Å²) >= 11 is 0. The second kappa shape index (κ2) is 5.66. The van der Waals surface area contributed by atoms with Crippen molar-refractivity contribution in [1.29, 1.82) is 5.26 Å². The third-order valence-corrected chi connectivity index (χ3v) is 3.15. The summed E-state index contributed by atoms with van der Waals surface area (Å²) in [6, 6.07) is 17.3. The number of hydrogen-bond acceptors (Lipinski definition) is 3. The summed E-state index contributed by atoms with van der Waals surface area (Å²) in [5, 5.41) is 9.22. The Hall–Kier alpha value is -2.47. The van der Waals surface area contributed by atoms with Crippen LogP contribution >= 0.6 is 0 Å². The summed E-state index contributed by atoms with van der Waals surface area (Å²) in [7, 11) is 1.57. The van der Waals surface area contributed by atoms with E-state index >= 15 is 0 Å². The van der Waals surface area contributed by atoms with E-state index in [0.29, 0.717) is 17.1 Å². The summed E-state index contributed by atoms with van der Waals surface area (Å²) in [4.78, 5) is 0. The Kier molecular flexibility index (Phi) is 3.95. The molecule has 3 nitrogen and oxygen atoms in total. The number of ether oxygens (including phenoxy) is 2. The molecule has 0 aliphatic rings. The first-order valence-electron chi connectivity index (χ1n) is 6.40. The average molecular weight is 267 g/mol. The van der Waals surface area contributed by atoms with Gasteiger partial charge in [-0.3, -0.25) is 0 Å². The van der Waals surface area contributed by atoms with E-state index in [1.54, 1.807) is 25.3 Å². The predicted octanol–water partition coefficient (Wildman–Crippen LogP) is 3.88. The number of methoxy groups -OCH3 is 1. The van der Waals surface area contributed by atoms with Gasteiger partial charge in [-0.15, -0.1) is 0 Å². The standard InChI is InChI=1S/C17H17NO2/c1-17(2,14-9-5-4-6-10-14)20-16-13(12-18)8-7-11-15(16)19-3/h4-11H,1-3H3. The highest BCUT2D eigenvalue weighted by Crippen LogP contribution is 2.36. The minimum atomic E-state index is -0.554. The van der Waals surface area contributed by atoms with E-state index in [-0.39, 0.29) is 0 Å². The summed E-state index contributed by atoms with van der Waals surface area (Å²) < 4.78 is 11.4. The van der Waals surface area contributed by atoms with Gasteiger partial charge in [0, 0.05) is 0 Å². The van der Waals surface area contributed by atoms with Gasteiger partial charge in [0.25, 0.3) is 0 Å². The fourth-order valence-electron chi connectivity index (χ4n) is 2.02. The van der Waals surface area contributed by atoms with Crippen molar-refractivity contribution in [2.75, 3.05) is 7.11 Å². The predicted molar refractivity (Wildman–Crippen MR) is 77.8 cm³/mol. The molecule has 20 heavy (non-hydrogen) atoms. The van der Waals surface area contributed by atoms with Gasteiger partial charge in [-0.05, 0) is 31.5 Å². The van der Waals surface area contributed by atoms with Gasteiger partial charge in [-0.25, -0.2) is 0 Å². The summed E-state index contributed by atoms with van der Waals surface area (Å²) in [5.74, 6) is 1.04. The number of rotatable bonds is 4. The van der Waals surface area contributed by atoms with Gasteiger partial charge < -0.3 is 9.47 Å². The zero-order valence-corrected chi connectivity index (χ0v) is 11.9. The molecule has 2 aromatic rings. The van der Waals surface area contributed by atoms with Crippen LogP contribution in [0.25, 0.3) is 0 Å². The molecule has 0 radical (unpaired) electrons. The molecule has 0 fully saturated rings. The van der Waals surface area contributed by atoms with Crippen LogP contribution in [0, 0.1) is 11.3 Å². The Bertz CT molecular complexity index is 627. The van der Waals surface area contributed by atoms with Crippen LogP contribution in [0.3, 0.4) is 0 Å². The Morgan fingerprint density at radius 1 is 1.00 bits per heavy atom. The van der Waals surface area contributed by atoms with Gasteiger partial charge in [-0.2, -0.15) is 5.26 Å². The quantitative estimate of drug-likeness (QED) is 0.844. The molecular weight excluding hydrogens is 250 g/mol. The normalized spacial score (nSPS) is 10.7. The fraction of sp³-hybridized carbons (Fsp3) is 0.235. The van der Waals surface area contributed by atoms with E-state index in [0.717, 1.165) is 5.56 Å². The van der Waals surface area contributed by atoms with E-state index in [1.807, 2.05) is 44.2 Å². The molecule has 0 saturated heterocycles. The first-order chi connectivity index (χ1) is 9.58. The van der Waals surface area contributed by atoms with Crippen LogP contribution in [0.2, 0.25) is 0 Å². The van der Waals surface area contributed by atoms with Crippen LogP contribution in [-0.2, 0) is 5.60 Å². The largest absolute Gasteiger partial charge is 0.493 e. The van der Waals surface area contributed by atoms with Crippen LogP contribution in [-0.4, -0.2) is 7.11 Å². The maximum absolute atomic E-state index is 9.22. The lowest BCUT2D eigenvalue weighted by atomic mass is 9.98. The van der Waals surface area contributed by atoms with Crippen molar-refractivity contribution in [1.82, 2.24) is 0 Å². The smallest absolute Gasteiger partial charge is 0.180 e.